The number of pyridine rings is 1. The molecule has 4 aromatic rings. The lowest BCUT2D eigenvalue weighted by atomic mass is 9.94. The number of aliphatic hydroxyl groups is 1. The minimum absolute atomic E-state index is 0.127. The molecule has 0 aliphatic heterocycles. The van der Waals surface area contributed by atoms with Crippen LogP contribution in [0.3, 0.4) is 0 Å². The summed E-state index contributed by atoms with van der Waals surface area (Å²) >= 11 is 0. The van der Waals surface area contributed by atoms with E-state index in [0.29, 0.717) is 48.6 Å². The van der Waals surface area contributed by atoms with Gasteiger partial charge >= 0.3 is 0 Å². The molecule has 3 aromatic carbocycles. The predicted molar refractivity (Wildman–Crippen MR) is 237 cm³/mol. The third-order valence-corrected chi connectivity index (χ3v) is 10.4. The van der Waals surface area contributed by atoms with Gasteiger partial charge in [0.05, 0.1) is 36.9 Å². The minimum Gasteiger partial charge on any atom is -0.497 e. The second-order valence-corrected chi connectivity index (χ2v) is 15.9. The molecule has 0 aliphatic rings. The van der Waals surface area contributed by atoms with Crippen molar-refractivity contribution in [1.29, 1.82) is 0 Å². The van der Waals surface area contributed by atoms with Crippen molar-refractivity contribution in [3.05, 3.63) is 90.1 Å². The Morgan fingerprint density at radius 2 is 1.43 bits per heavy atom. The van der Waals surface area contributed by atoms with E-state index in [9.17, 15) is 24.3 Å². The quantitative estimate of drug-likeness (QED) is 0.0393. The van der Waals surface area contributed by atoms with Crippen molar-refractivity contribution in [2.75, 3.05) is 25.5 Å². The maximum atomic E-state index is 13.6. The number of carbonyl (C=O) groups is 4. The van der Waals surface area contributed by atoms with E-state index < -0.39 is 30.0 Å². The number of rotatable bonds is 24. The Hall–Kier alpha value is -5.69. The van der Waals surface area contributed by atoms with Gasteiger partial charge in [0.1, 0.15) is 23.3 Å². The van der Waals surface area contributed by atoms with Crippen molar-refractivity contribution >= 4 is 40.2 Å². The number of fused-ring (bicyclic) bond motifs is 1. The molecule has 0 fully saturated rings. The van der Waals surface area contributed by atoms with E-state index in [1.54, 1.807) is 61.8 Å². The fraction of sp³-hybridized carbons (Fsp3) is 0.468. The molecule has 4 rings (SSSR count). The number of aromatic nitrogens is 1. The number of ether oxygens (including phenoxy) is 2. The van der Waals surface area contributed by atoms with Crippen LogP contribution >= 0.6 is 0 Å². The number of unbranched alkanes of at least 4 members (excludes halogenated alkanes) is 1. The Kier molecular flexibility index (Phi) is 18.6. The monoisotopic (exact) mass is 824 g/mol. The average Bonchev–Trinajstić information content (AvgIpc) is 3.23. The van der Waals surface area contributed by atoms with E-state index in [1.165, 1.54) is 0 Å². The predicted octanol–water partition coefficient (Wildman–Crippen LogP) is 7.39. The Morgan fingerprint density at radius 3 is 2.05 bits per heavy atom. The molecule has 0 saturated carbocycles. The van der Waals surface area contributed by atoms with Crippen LogP contribution in [0.25, 0.3) is 10.9 Å². The molecule has 1 aromatic heterocycles. The van der Waals surface area contributed by atoms with Crippen LogP contribution in [0, 0.1) is 11.8 Å². The maximum absolute atomic E-state index is 13.6. The van der Waals surface area contributed by atoms with Crippen molar-refractivity contribution < 1.29 is 33.8 Å². The molecule has 13 heteroatoms. The zero-order valence-corrected chi connectivity index (χ0v) is 36.2. The highest BCUT2D eigenvalue weighted by Gasteiger charge is 2.31. The van der Waals surface area contributed by atoms with Gasteiger partial charge in [-0.25, -0.2) is 0 Å². The summed E-state index contributed by atoms with van der Waals surface area (Å²) in [5.41, 5.74) is 2.64. The molecular weight excluding hydrogens is 761 g/mol. The Labute approximate surface area is 354 Å². The van der Waals surface area contributed by atoms with Crippen molar-refractivity contribution in [2.45, 2.75) is 111 Å². The summed E-state index contributed by atoms with van der Waals surface area (Å²) in [6.07, 6.45) is 5.06. The van der Waals surface area contributed by atoms with Gasteiger partial charge in [0.25, 0.3) is 11.8 Å². The molecule has 1 heterocycles. The van der Waals surface area contributed by atoms with Gasteiger partial charge in [-0.3, -0.25) is 24.2 Å². The van der Waals surface area contributed by atoms with Crippen molar-refractivity contribution in [3.63, 3.8) is 0 Å². The minimum atomic E-state index is -1.08. The summed E-state index contributed by atoms with van der Waals surface area (Å²) in [7, 11) is 1.65. The van der Waals surface area contributed by atoms with Gasteiger partial charge < -0.3 is 41.2 Å². The summed E-state index contributed by atoms with van der Waals surface area (Å²) < 4.78 is 11.5. The van der Waals surface area contributed by atoms with E-state index in [4.69, 9.17) is 9.47 Å². The topological polar surface area (TPSA) is 180 Å². The molecule has 5 atom stereocenters. The second kappa shape index (κ2) is 23.8. The number of methoxy groups -OCH3 is 1. The van der Waals surface area contributed by atoms with Gasteiger partial charge in [-0.15, -0.1) is 0 Å². The number of hydrogen-bond donors (Lipinski definition) is 6. The summed E-state index contributed by atoms with van der Waals surface area (Å²) in [4.78, 5) is 56.9. The highest BCUT2D eigenvalue weighted by molar-refractivity contribution is 5.98. The highest BCUT2D eigenvalue weighted by Crippen LogP contribution is 2.29. The van der Waals surface area contributed by atoms with Crippen LogP contribution in [-0.4, -0.2) is 78.1 Å². The fourth-order valence-corrected chi connectivity index (χ4v) is 6.76. The van der Waals surface area contributed by atoms with Gasteiger partial charge in [-0.05, 0) is 105 Å². The number of nitrogens with zero attached hydrogens (tertiary/aromatic N) is 1. The molecule has 4 amide bonds. The van der Waals surface area contributed by atoms with Crippen LogP contribution in [-0.2, 0) is 9.59 Å². The van der Waals surface area contributed by atoms with Crippen LogP contribution in [0.5, 0.6) is 17.2 Å². The lowest BCUT2D eigenvalue weighted by molar-refractivity contribution is -0.128. The summed E-state index contributed by atoms with van der Waals surface area (Å²) in [6, 6.07) is 19.8. The van der Waals surface area contributed by atoms with Crippen LogP contribution in [0.15, 0.2) is 79.0 Å². The Balaban J connectivity index is 1.26. The van der Waals surface area contributed by atoms with Gasteiger partial charge in [0, 0.05) is 47.9 Å². The van der Waals surface area contributed by atoms with Gasteiger partial charge in [-0.2, -0.15) is 0 Å². The molecule has 324 valence electrons. The van der Waals surface area contributed by atoms with E-state index >= 15 is 0 Å². The normalized spacial score (nSPS) is 13.7. The molecule has 0 saturated heterocycles. The van der Waals surface area contributed by atoms with Crippen molar-refractivity contribution in [3.8, 4) is 17.2 Å². The van der Waals surface area contributed by atoms with E-state index in [0.717, 1.165) is 48.0 Å². The molecule has 0 spiro atoms. The highest BCUT2D eigenvalue weighted by atomic mass is 16.5. The van der Waals surface area contributed by atoms with Crippen LogP contribution < -0.4 is 36.1 Å². The smallest absolute Gasteiger partial charge is 0.251 e. The summed E-state index contributed by atoms with van der Waals surface area (Å²) in [6.45, 7) is 13.0. The molecule has 1 unspecified atom stereocenters. The van der Waals surface area contributed by atoms with Gasteiger partial charge in [0.15, 0.2) is 0 Å². The van der Waals surface area contributed by atoms with E-state index in [-0.39, 0.29) is 36.1 Å². The summed E-state index contributed by atoms with van der Waals surface area (Å²) in [5, 5.41) is 27.1. The molecule has 60 heavy (non-hydrogen) atoms. The molecule has 6 N–H and O–H groups in total. The third-order valence-electron chi connectivity index (χ3n) is 10.4. The van der Waals surface area contributed by atoms with Crippen LogP contribution in [0.2, 0.25) is 0 Å². The molecule has 0 radical (unpaired) electrons. The number of amides is 4. The average molecular weight is 825 g/mol. The lowest BCUT2D eigenvalue weighted by Crippen LogP contribution is -2.55. The summed E-state index contributed by atoms with van der Waals surface area (Å²) in [5.74, 6) is 0.430. The first-order chi connectivity index (χ1) is 28.8. The standard InChI is InChI=1S/C47H64N6O7/c1-8-10-23-48-42(55)29-41(54)39(26-30(3)4)52-47(58)43(31(5)9-2)53-46(57)34-17-21-37(22-18-34)60-36-19-15-33(16-20-36)45(56)50-25-11-13-32(6)51-40-28-38(59-7)27-35-14-12-24-49-44(35)40/h12,14-22,24,27-28,30-32,39,41,43,51,54H,8-11,13,23,25-26,29H2,1-7H3,(H,48,55)(H,50,56)(H,52,58)(H,53,57)/t31-,32?,39-,41-,43-/m0/s1. The van der Waals surface area contributed by atoms with Crippen LogP contribution in [0.4, 0.5) is 5.69 Å². The Bertz CT molecular complexity index is 1990. The Morgan fingerprint density at radius 1 is 0.783 bits per heavy atom. The van der Waals surface area contributed by atoms with Crippen molar-refractivity contribution in [2.24, 2.45) is 11.8 Å². The first-order valence-corrected chi connectivity index (χ1v) is 21.2. The molecule has 0 bridgehead atoms. The number of carbonyl (C=O) groups excluding carboxylic acids is 4. The number of benzene rings is 3. The first kappa shape index (κ1) is 47.0. The second-order valence-electron chi connectivity index (χ2n) is 15.9. The SMILES string of the molecule is CCCCNC(=O)C[C@H](O)[C@H](CC(C)C)NC(=O)[C@@H](NC(=O)c1ccc(Oc2ccc(C(=O)NCCCC(C)Nc3cc(OC)cc4cccnc34)cc2)cc1)[C@@H](C)CC. The lowest BCUT2D eigenvalue weighted by Gasteiger charge is -2.30. The number of aliphatic hydroxyl groups excluding tert-OH is 1. The molecule has 13 nitrogen and oxygen atoms in total. The van der Waals surface area contributed by atoms with Crippen LogP contribution in [0.1, 0.15) is 107 Å². The number of nitrogens with one attached hydrogen (secondary N) is 5. The van der Waals surface area contributed by atoms with Gasteiger partial charge in [-0.1, -0.05) is 53.5 Å². The number of hydrogen-bond acceptors (Lipinski definition) is 9. The zero-order chi connectivity index (χ0) is 43.6. The number of anilines is 1. The molecular formula is C47H64N6O7. The van der Waals surface area contributed by atoms with E-state index in [2.05, 4.69) is 38.5 Å². The fourth-order valence-electron chi connectivity index (χ4n) is 6.76. The zero-order valence-electron chi connectivity index (χ0n) is 36.2. The first-order valence-electron chi connectivity index (χ1n) is 21.2. The van der Waals surface area contributed by atoms with E-state index in [1.807, 2.05) is 58.9 Å². The van der Waals surface area contributed by atoms with Gasteiger partial charge in [0.2, 0.25) is 11.8 Å². The largest absolute Gasteiger partial charge is 0.497 e. The maximum Gasteiger partial charge on any atom is 0.251 e. The molecule has 0 aliphatic carbocycles. The van der Waals surface area contributed by atoms with Crippen molar-refractivity contribution in [1.82, 2.24) is 26.3 Å². The third kappa shape index (κ3) is 14.5.